The fourth-order valence-corrected chi connectivity index (χ4v) is 5.66. The van der Waals surface area contributed by atoms with Crippen LogP contribution in [0.15, 0.2) is 83.6 Å². The first kappa shape index (κ1) is 25.7. The number of aliphatic hydroxyl groups excluding tert-OH is 1. The van der Waals surface area contributed by atoms with Crippen molar-refractivity contribution in [2.24, 2.45) is 0 Å². The Hall–Kier alpha value is -4.53. The zero-order chi connectivity index (χ0) is 28.2. The predicted octanol–water partition coefficient (Wildman–Crippen LogP) is 7.30. The van der Waals surface area contributed by atoms with Gasteiger partial charge in [0, 0.05) is 34.7 Å². The lowest BCUT2D eigenvalue weighted by atomic mass is 9.73. The van der Waals surface area contributed by atoms with Crippen molar-refractivity contribution in [2.45, 2.75) is 38.3 Å². The third-order valence-corrected chi connectivity index (χ3v) is 7.52. The van der Waals surface area contributed by atoms with Gasteiger partial charge in [-0.25, -0.2) is 0 Å². The summed E-state index contributed by atoms with van der Waals surface area (Å²) in [6, 6.07) is 17.1. The van der Waals surface area contributed by atoms with E-state index in [0.29, 0.717) is 41.2 Å². The van der Waals surface area contributed by atoms with Gasteiger partial charge in [0.15, 0.2) is 17.3 Å². The van der Waals surface area contributed by atoms with E-state index in [-0.39, 0.29) is 47.4 Å². The molecule has 0 saturated carbocycles. The fraction of sp³-hybridized carbons (Fsp3) is 0.226. The topological polar surface area (TPSA) is 82.9 Å². The van der Waals surface area contributed by atoms with Crippen LogP contribution in [0.2, 0.25) is 0 Å². The maximum atomic E-state index is 14.2. The van der Waals surface area contributed by atoms with Gasteiger partial charge in [0.25, 0.3) is 0 Å². The molecule has 0 aromatic heterocycles. The van der Waals surface area contributed by atoms with E-state index < -0.39 is 17.7 Å². The van der Waals surface area contributed by atoms with Crippen LogP contribution in [0.25, 0.3) is 5.76 Å². The number of ether oxygens (including phenoxy) is 2. The average Bonchev–Trinajstić information content (AvgIpc) is 3.40. The first-order valence-corrected chi connectivity index (χ1v) is 12.9. The number of carbonyl (C=O) groups is 1. The van der Waals surface area contributed by atoms with Crippen LogP contribution in [0.3, 0.4) is 0 Å². The highest BCUT2D eigenvalue weighted by Gasteiger charge is 2.45. The van der Waals surface area contributed by atoms with Crippen LogP contribution < -0.4 is 14.4 Å². The van der Waals surface area contributed by atoms with Crippen molar-refractivity contribution in [1.82, 2.24) is 0 Å². The van der Waals surface area contributed by atoms with Crippen LogP contribution in [0.1, 0.15) is 47.4 Å². The van der Waals surface area contributed by atoms with Crippen LogP contribution in [0.5, 0.6) is 11.5 Å². The number of anilines is 1. The van der Waals surface area contributed by atoms with Gasteiger partial charge in [-0.1, -0.05) is 48.0 Å². The number of aliphatic hydroxyl groups is 1. The number of Topliss-reactive ketones (excluding diaryl/α,β-unsaturated/α-hetero) is 1. The first-order valence-electron chi connectivity index (χ1n) is 12.9. The van der Waals surface area contributed by atoms with Crippen LogP contribution >= 0.6 is 0 Å². The summed E-state index contributed by atoms with van der Waals surface area (Å²) < 4.78 is 53.6. The number of alkyl halides is 3. The number of hydrogen-bond acceptors (Lipinski definition) is 5. The SMILES string of the molecule is Cc1ccc(/C(O)=C2\C(=N)N(c3ccccc3C(F)(F)F)C3=C(C(=O)CCC3)C2c2ccc3c(c2)OCO3)cc1. The molecule has 1 aliphatic carbocycles. The number of fused-ring (bicyclic) bond motifs is 1. The number of ketones is 1. The number of halogens is 3. The highest BCUT2D eigenvalue weighted by atomic mass is 19.4. The molecule has 3 aromatic rings. The van der Waals surface area contributed by atoms with Gasteiger partial charge in [0.1, 0.15) is 11.6 Å². The molecule has 0 spiro atoms. The minimum absolute atomic E-state index is 0.0332. The van der Waals surface area contributed by atoms with E-state index in [1.54, 1.807) is 42.5 Å². The van der Waals surface area contributed by atoms with Gasteiger partial charge in [-0.2, -0.15) is 13.2 Å². The van der Waals surface area contributed by atoms with Crippen molar-refractivity contribution in [3.05, 3.63) is 106 Å². The minimum atomic E-state index is -4.70. The summed E-state index contributed by atoms with van der Waals surface area (Å²) in [5.74, 6) is -0.778. The number of para-hydroxylation sites is 1. The van der Waals surface area contributed by atoms with E-state index in [2.05, 4.69) is 0 Å². The Morgan fingerprint density at radius 3 is 2.48 bits per heavy atom. The van der Waals surface area contributed by atoms with E-state index in [1.165, 1.54) is 23.1 Å². The second-order valence-corrected chi connectivity index (χ2v) is 10.0. The molecule has 6 nitrogen and oxygen atoms in total. The lowest BCUT2D eigenvalue weighted by Crippen LogP contribution is -2.43. The molecule has 9 heteroatoms. The van der Waals surface area contributed by atoms with Crippen molar-refractivity contribution in [3.8, 4) is 11.5 Å². The van der Waals surface area contributed by atoms with Crippen molar-refractivity contribution in [1.29, 1.82) is 5.41 Å². The second kappa shape index (κ2) is 9.59. The molecule has 0 amide bonds. The monoisotopic (exact) mass is 546 g/mol. The standard InChI is InChI=1S/C31H25F3N2O4/c1-17-9-11-18(12-10-17)29(38)28-26(19-13-14-24-25(15-19)40-16-39-24)27-22(7-4-8-23(27)37)36(30(28)35)21-6-3-2-5-20(21)31(32,33)34/h2-3,5-6,9-15,26,35,38H,4,7-8,16H2,1H3/b29-28+,35-30?. The molecule has 0 saturated heterocycles. The predicted molar refractivity (Wildman–Crippen MR) is 144 cm³/mol. The van der Waals surface area contributed by atoms with E-state index in [4.69, 9.17) is 9.47 Å². The fourth-order valence-electron chi connectivity index (χ4n) is 5.66. The highest BCUT2D eigenvalue weighted by molar-refractivity contribution is 6.20. The molecule has 1 atom stereocenters. The molecule has 6 rings (SSSR count). The van der Waals surface area contributed by atoms with E-state index in [1.807, 2.05) is 6.92 Å². The summed E-state index contributed by atoms with van der Waals surface area (Å²) in [6.07, 6.45) is -3.75. The Labute approximate surface area is 228 Å². The van der Waals surface area contributed by atoms with Gasteiger partial charge >= 0.3 is 6.18 Å². The van der Waals surface area contributed by atoms with Crippen LogP contribution in [0.4, 0.5) is 18.9 Å². The zero-order valence-corrected chi connectivity index (χ0v) is 21.5. The Balaban J connectivity index is 1.66. The molecular formula is C31H25F3N2O4. The summed E-state index contributed by atoms with van der Waals surface area (Å²) in [5, 5.41) is 21.0. The molecule has 1 unspecified atom stereocenters. The maximum absolute atomic E-state index is 14.2. The smallest absolute Gasteiger partial charge is 0.418 e. The van der Waals surface area contributed by atoms with Crippen LogP contribution in [-0.4, -0.2) is 23.5 Å². The van der Waals surface area contributed by atoms with Crippen molar-refractivity contribution < 1.29 is 32.5 Å². The summed E-state index contributed by atoms with van der Waals surface area (Å²) in [4.78, 5) is 14.8. The number of hydrogen-bond donors (Lipinski definition) is 2. The molecule has 0 radical (unpaired) electrons. The summed E-state index contributed by atoms with van der Waals surface area (Å²) >= 11 is 0. The highest BCUT2D eigenvalue weighted by Crippen LogP contribution is 2.50. The van der Waals surface area contributed by atoms with Gasteiger partial charge in [0.2, 0.25) is 6.79 Å². The van der Waals surface area contributed by atoms with Gasteiger partial charge in [-0.3, -0.25) is 15.1 Å². The second-order valence-electron chi connectivity index (χ2n) is 10.0. The summed E-state index contributed by atoms with van der Waals surface area (Å²) in [7, 11) is 0. The van der Waals surface area contributed by atoms with E-state index in [0.717, 1.165) is 11.6 Å². The number of nitrogens with one attached hydrogen (secondary N) is 1. The Bertz CT molecular complexity index is 1610. The Morgan fingerprint density at radius 1 is 1.00 bits per heavy atom. The summed E-state index contributed by atoms with van der Waals surface area (Å²) in [5.41, 5.74) is 1.34. The molecule has 2 aliphatic heterocycles. The summed E-state index contributed by atoms with van der Waals surface area (Å²) in [6.45, 7) is 1.92. The number of amidine groups is 1. The molecule has 3 aromatic carbocycles. The van der Waals surface area contributed by atoms with Crippen molar-refractivity contribution in [2.75, 3.05) is 11.7 Å². The van der Waals surface area contributed by atoms with Crippen LogP contribution in [0, 0.1) is 12.3 Å². The largest absolute Gasteiger partial charge is 0.507 e. The maximum Gasteiger partial charge on any atom is 0.418 e. The average molecular weight is 547 g/mol. The lowest BCUT2D eigenvalue weighted by molar-refractivity contribution is -0.137. The number of benzene rings is 3. The molecule has 0 bridgehead atoms. The normalized spacial score (nSPS) is 20.1. The molecule has 204 valence electrons. The Morgan fingerprint density at radius 2 is 1.73 bits per heavy atom. The van der Waals surface area contributed by atoms with Crippen molar-refractivity contribution in [3.63, 3.8) is 0 Å². The van der Waals surface area contributed by atoms with Crippen LogP contribution in [-0.2, 0) is 11.0 Å². The van der Waals surface area contributed by atoms with E-state index >= 15 is 0 Å². The van der Waals surface area contributed by atoms with E-state index in [9.17, 15) is 28.5 Å². The molecule has 2 N–H and O–H groups in total. The van der Waals surface area contributed by atoms with Gasteiger partial charge < -0.3 is 14.6 Å². The molecule has 3 aliphatic rings. The van der Waals surface area contributed by atoms with Crippen molar-refractivity contribution >= 4 is 23.1 Å². The number of rotatable bonds is 3. The Kier molecular flexibility index (Phi) is 6.17. The number of allylic oxidation sites excluding steroid dienone is 2. The number of aryl methyl sites for hydroxylation is 1. The number of carbonyl (C=O) groups excluding carboxylic acids is 1. The molecular weight excluding hydrogens is 521 g/mol. The number of nitrogens with zero attached hydrogens (tertiary/aromatic N) is 1. The quantitative estimate of drug-likeness (QED) is 0.337. The third-order valence-electron chi connectivity index (χ3n) is 7.52. The molecule has 40 heavy (non-hydrogen) atoms. The molecule has 2 heterocycles. The third kappa shape index (κ3) is 4.22. The van der Waals surface area contributed by atoms with Gasteiger partial charge in [-0.15, -0.1) is 0 Å². The zero-order valence-electron chi connectivity index (χ0n) is 21.5. The lowest BCUT2D eigenvalue weighted by Gasteiger charge is -2.42. The molecule has 0 fully saturated rings. The minimum Gasteiger partial charge on any atom is -0.507 e. The van der Waals surface area contributed by atoms with Gasteiger partial charge in [-0.05, 0) is 49.6 Å². The first-order chi connectivity index (χ1) is 19.1. The van der Waals surface area contributed by atoms with Gasteiger partial charge in [0.05, 0.1) is 11.3 Å².